The minimum Gasteiger partial charge on any atom is -0.378 e. The molecule has 0 aromatic heterocycles. The lowest BCUT2D eigenvalue weighted by Gasteiger charge is -2.57. The lowest BCUT2D eigenvalue weighted by Crippen LogP contribution is -2.54. The van der Waals surface area contributed by atoms with Gasteiger partial charge in [0.1, 0.15) is 0 Å². The van der Waals surface area contributed by atoms with E-state index in [-0.39, 0.29) is 17.4 Å². The van der Waals surface area contributed by atoms with Gasteiger partial charge in [0.15, 0.2) is 0 Å². The van der Waals surface area contributed by atoms with Crippen LogP contribution in [0.5, 0.6) is 0 Å². The van der Waals surface area contributed by atoms with E-state index in [0.717, 1.165) is 48.5 Å². The lowest BCUT2D eigenvalue weighted by molar-refractivity contribution is -0.120. The maximum atomic E-state index is 12.9. The van der Waals surface area contributed by atoms with Crippen LogP contribution in [0.2, 0.25) is 0 Å². The zero-order valence-electron chi connectivity index (χ0n) is 16.5. The second-order valence-corrected chi connectivity index (χ2v) is 9.93. The van der Waals surface area contributed by atoms with Crippen LogP contribution in [0.4, 0.5) is 11.4 Å². The van der Waals surface area contributed by atoms with Gasteiger partial charge >= 0.3 is 0 Å². The molecular formula is C23H33N3O. The monoisotopic (exact) mass is 367 g/mol. The Labute approximate surface area is 162 Å². The zero-order valence-corrected chi connectivity index (χ0v) is 16.5. The maximum absolute atomic E-state index is 12.9. The van der Waals surface area contributed by atoms with E-state index >= 15 is 0 Å². The van der Waals surface area contributed by atoms with Gasteiger partial charge in [-0.1, -0.05) is 12.1 Å². The summed E-state index contributed by atoms with van der Waals surface area (Å²) in [6.45, 7) is 3.11. The highest BCUT2D eigenvalue weighted by Crippen LogP contribution is 2.56. The van der Waals surface area contributed by atoms with Gasteiger partial charge in [-0.3, -0.25) is 4.79 Å². The summed E-state index contributed by atoms with van der Waals surface area (Å²) in [5.74, 6) is 3.06. The average molecular weight is 368 g/mol. The van der Waals surface area contributed by atoms with E-state index in [1.165, 1.54) is 38.5 Å². The van der Waals surface area contributed by atoms with Gasteiger partial charge in [-0.2, -0.15) is 0 Å². The summed E-state index contributed by atoms with van der Waals surface area (Å²) in [4.78, 5) is 12.9. The first kappa shape index (κ1) is 17.5. The van der Waals surface area contributed by atoms with Crippen molar-refractivity contribution in [1.29, 1.82) is 0 Å². The molecule has 2 atom stereocenters. The van der Waals surface area contributed by atoms with Crippen LogP contribution in [0.1, 0.15) is 58.3 Å². The number of para-hydroxylation sites is 2. The summed E-state index contributed by atoms with van der Waals surface area (Å²) in [5, 5.41) is 10.6. The molecule has 4 aliphatic carbocycles. The molecule has 6 rings (SSSR count). The maximum Gasteiger partial charge on any atom is 0.227 e. The van der Waals surface area contributed by atoms with E-state index in [1.807, 2.05) is 6.07 Å². The second-order valence-electron chi connectivity index (χ2n) is 9.93. The van der Waals surface area contributed by atoms with Crippen LogP contribution in [0.25, 0.3) is 0 Å². The van der Waals surface area contributed by atoms with E-state index in [2.05, 4.69) is 41.1 Å². The van der Waals surface area contributed by atoms with E-state index in [4.69, 9.17) is 0 Å². The molecule has 4 heteroatoms. The van der Waals surface area contributed by atoms with Crippen LogP contribution in [-0.4, -0.2) is 24.0 Å². The van der Waals surface area contributed by atoms with Gasteiger partial charge in [-0.05, 0) is 94.7 Å². The van der Waals surface area contributed by atoms with E-state index in [0.29, 0.717) is 6.04 Å². The fraction of sp³-hybridized carbons (Fsp3) is 0.696. The molecule has 5 aliphatic rings. The molecule has 146 valence electrons. The summed E-state index contributed by atoms with van der Waals surface area (Å²) in [5.41, 5.74) is 2.35. The van der Waals surface area contributed by atoms with E-state index in [1.54, 1.807) is 0 Å². The molecule has 1 amide bonds. The smallest absolute Gasteiger partial charge is 0.227 e. The third-order valence-electron chi connectivity index (χ3n) is 7.62. The normalized spacial score (nSPS) is 40.0. The lowest BCUT2D eigenvalue weighted by atomic mass is 9.53. The first-order chi connectivity index (χ1) is 13.1. The minimum absolute atomic E-state index is 0.119. The highest BCUT2D eigenvalue weighted by atomic mass is 16.1. The standard InChI is InChI=1S/C23H33N3O/c1-15-8-19(6-7-24-15)22(27)25-20-4-2-3-5-21(20)26-23-12-16-9-17(13-23)11-18(10-16)14-23/h2-5,15-19,24,26H,6-14H2,1H3,(H,25,27)/t15-,16?,17?,18?,19-,23?/m0/s1. The van der Waals surface area contributed by atoms with Gasteiger partial charge < -0.3 is 16.0 Å². The van der Waals surface area contributed by atoms with Gasteiger partial charge in [-0.25, -0.2) is 0 Å². The Morgan fingerprint density at radius 1 is 1.00 bits per heavy atom. The Morgan fingerprint density at radius 3 is 2.26 bits per heavy atom. The van der Waals surface area contributed by atoms with E-state index in [9.17, 15) is 4.79 Å². The molecule has 3 N–H and O–H groups in total. The van der Waals surface area contributed by atoms with Crippen molar-refractivity contribution in [3.05, 3.63) is 24.3 Å². The summed E-state index contributed by atoms with van der Waals surface area (Å²) < 4.78 is 0. The molecule has 1 aliphatic heterocycles. The number of hydrogen-bond donors (Lipinski definition) is 3. The molecular weight excluding hydrogens is 334 g/mol. The number of carbonyl (C=O) groups is 1. The van der Waals surface area contributed by atoms with Crippen LogP contribution in [0, 0.1) is 23.7 Å². The number of hydrogen-bond acceptors (Lipinski definition) is 3. The molecule has 27 heavy (non-hydrogen) atoms. The van der Waals surface area contributed by atoms with Crippen LogP contribution in [0.3, 0.4) is 0 Å². The Balaban J connectivity index is 1.32. The minimum atomic E-state index is 0.119. The Bertz CT molecular complexity index is 680. The van der Waals surface area contributed by atoms with Crippen LogP contribution in [-0.2, 0) is 4.79 Å². The Kier molecular flexibility index (Phi) is 4.42. The highest BCUT2D eigenvalue weighted by molar-refractivity contribution is 5.95. The number of carbonyl (C=O) groups excluding carboxylic acids is 1. The van der Waals surface area contributed by atoms with Gasteiger partial charge in [0.25, 0.3) is 0 Å². The van der Waals surface area contributed by atoms with Crippen LogP contribution in [0.15, 0.2) is 24.3 Å². The van der Waals surface area contributed by atoms with Crippen molar-refractivity contribution in [2.45, 2.75) is 69.9 Å². The van der Waals surface area contributed by atoms with Crippen molar-refractivity contribution in [2.75, 3.05) is 17.2 Å². The topological polar surface area (TPSA) is 53.2 Å². The molecule has 4 bridgehead atoms. The summed E-state index contributed by atoms with van der Waals surface area (Å²) in [7, 11) is 0. The van der Waals surface area contributed by atoms with Gasteiger partial charge in [0.2, 0.25) is 5.91 Å². The molecule has 4 saturated carbocycles. The number of nitrogens with one attached hydrogen (secondary N) is 3. The van der Waals surface area contributed by atoms with E-state index < -0.39 is 0 Å². The third kappa shape index (κ3) is 3.49. The molecule has 1 aromatic carbocycles. The number of rotatable bonds is 4. The predicted molar refractivity (Wildman–Crippen MR) is 110 cm³/mol. The second kappa shape index (κ2) is 6.80. The molecule has 5 fully saturated rings. The summed E-state index contributed by atoms with van der Waals surface area (Å²) in [6.07, 6.45) is 10.2. The number of anilines is 2. The summed E-state index contributed by atoms with van der Waals surface area (Å²) in [6, 6.07) is 8.76. The van der Waals surface area contributed by atoms with Crippen molar-refractivity contribution < 1.29 is 4.79 Å². The first-order valence-electron chi connectivity index (χ1n) is 11.0. The highest BCUT2D eigenvalue weighted by Gasteiger charge is 2.51. The average Bonchev–Trinajstić information content (AvgIpc) is 2.62. The fourth-order valence-electron chi connectivity index (χ4n) is 6.86. The zero-order chi connectivity index (χ0) is 18.4. The molecule has 4 nitrogen and oxygen atoms in total. The van der Waals surface area contributed by atoms with Gasteiger partial charge in [0, 0.05) is 17.5 Å². The third-order valence-corrected chi connectivity index (χ3v) is 7.62. The number of piperidine rings is 1. The van der Waals surface area contributed by atoms with Crippen molar-refractivity contribution in [3.63, 3.8) is 0 Å². The quantitative estimate of drug-likeness (QED) is 0.739. The Morgan fingerprint density at radius 2 is 1.63 bits per heavy atom. The van der Waals surface area contributed by atoms with Crippen LogP contribution >= 0.6 is 0 Å². The largest absolute Gasteiger partial charge is 0.378 e. The molecule has 1 heterocycles. The number of amides is 1. The molecule has 0 radical (unpaired) electrons. The molecule has 0 spiro atoms. The van der Waals surface area contributed by atoms with Crippen molar-refractivity contribution in [1.82, 2.24) is 5.32 Å². The van der Waals surface area contributed by atoms with Gasteiger partial charge in [0.05, 0.1) is 11.4 Å². The van der Waals surface area contributed by atoms with Crippen molar-refractivity contribution >= 4 is 17.3 Å². The van der Waals surface area contributed by atoms with Crippen molar-refractivity contribution in [3.8, 4) is 0 Å². The van der Waals surface area contributed by atoms with Crippen molar-refractivity contribution in [2.24, 2.45) is 23.7 Å². The van der Waals surface area contributed by atoms with Gasteiger partial charge in [-0.15, -0.1) is 0 Å². The fourth-order valence-corrected chi connectivity index (χ4v) is 6.86. The SMILES string of the molecule is C[C@H]1C[C@@H](C(=O)Nc2ccccc2NC23CC4CC(CC(C4)C2)C3)CCN1. The molecule has 1 saturated heterocycles. The molecule has 0 unspecified atom stereocenters. The summed E-state index contributed by atoms with van der Waals surface area (Å²) >= 11 is 0. The predicted octanol–water partition coefficient (Wildman–Crippen LogP) is 4.39. The molecule has 1 aromatic rings. The number of benzene rings is 1. The van der Waals surface area contributed by atoms with Crippen LogP contribution < -0.4 is 16.0 Å². The Hall–Kier alpha value is -1.55. The first-order valence-corrected chi connectivity index (χ1v) is 11.0.